The Bertz CT molecular complexity index is 492. The van der Waals surface area contributed by atoms with Crippen LogP contribution in [-0.2, 0) is 4.79 Å². The molecule has 0 aliphatic heterocycles. The summed E-state index contributed by atoms with van der Waals surface area (Å²) in [6, 6.07) is 0. The molecule has 124 valence electrons. The fourth-order valence-corrected chi connectivity index (χ4v) is 7.91. The van der Waals surface area contributed by atoms with Gasteiger partial charge in [0.15, 0.2) is 5.78 Å². The number of hydrogen-bond donors (Lipinski definition) is 1. The summed E-state index contributed by atoms with van der Waals surface area (Å²) in [7, 11) is 0. The second-order valence-corrected chi connectivity index (χ2v) is 10.2. The Morgan fingerprint density at radius 1 is 1.05 bits per heavy atom. The third-order valence-electron chi connectivity index (χ3n) is 8.34. The Morgan fingerprint density at radius 3 is 2.59 bits per heavy atom. The zero-order valence-electron chi connectivity index (χ0n) is 13.9. The summed E-state index contributed by atoms with van der Waals surface area (Å²) in [5.41, 5.74) is 0.351. The van der Waals surface area contributed by atoms with E-state index in [4.69, 9.17) is 0 Å². The van der Waals surface area contributed by atoms with Crippen LogP contribution in [0.4, 0.5) is 0 Å². The largest absolute Gasteiger partial charge is 0.393 e. The molecule has 0 heterocycles. The van der Waals surface area contributed by atoms with Crippen LogP contribution in [0.25, 0.3) is 0 Å². The smallest absolute Gasteiger partial charge is 0.152 e. The van der Waals surface area contributed by atoms with E-state index in [9.17, 15) is 9.90 Å². The minimum absolute atomic E-state index is 0.0628. The van der Waals surface area contributed by atoms with Crippen LogP contribution >= 0.6 is 15.9 Å². The molecule has 0 spiro atoms. The molecule has 8 atom stereocenters. The topological polar surface area (TPSA) is 37.3 Å². The highest BCUT2D eigenvalue weighted by Crippen LogP contribution is 2.65. The van der Waals surface area contributed by atoms with Gasteiger partial charge in [0, 0.05) is 5.41 Å². The van der Waals surface area contributed by atoms with Crippen molar-refractivity contribution in [2.24, 2.45) is 34.5 Å². The number of alkyl halides is 1. The van der Waals surface area contributed by atoms with Gasteiger partial charge in [-0.25, -0.2) is 0 Å². The molecular weight excluding hydrogens is 340 g/mol. The number of Topliss-reactive ketones (excluding diaryl/α,β-unsaturated/α-hetero) is 1. The number of aliphatic hydroxyl groups is 1. The quantitative estimate of drug-likeness (QED) is 0.646. The number of halogens is 1. The van der Waals surface area contributed by atoms with E-state index >= 15 is 0 Å². The molecule has 4 aliphatic carbocycles. The van der Waals surface area contributed by atoms with Gasteiger partial charge in [0.1, 0.15) is 0 Å². The Hall–Kier alpha value is 0.110. The highest BCUT2D eigenvalue weighted by molar-refractivity contribution is 9.10. The average molecular weight is 369 g/mol. The SMILES string of the molecule is C[C@]12CC[C@H](O)C[C@H]1CC[C@@H]1[C@@H]2CC[C@]2(C)C(=O)[C@@H](Br)C[C@@H]12. The van der Waals surface area contributed by atoms with Gasteiger partial charge >= 0.3 is 0 Å². The molecule has 2 nitrogen and oxygen atoms in total. The number of carbonyl (C=O) groups excluding carboxylic acids is 1. The van der Waals surface area contributed by atoms with Crippen molar-refractivity contribution in [2.75, 3.05) is 0 Å². The number of fused-ring (bicyclic) bond motifs is 5. The van der Waals surface area contributed by atoms with E-state index in [1.807, 2.05) is 0 Å². The van der Waals surface area contributed by atoms with Crippen LogP contribution in [0, 0.1) is 34.5 Å². The summed E-state index contributed by atoms with van der Waals surface area (Å²) < 4.78 is 0. The highest BCUT2D eigenvalue weighted by atomic mass is 79.9. The van der Waals surface area contributed by atoms with Crippen molar-refractivity contribution in [3.8, 4) is 0 Å². The minimum atomic E-state index is -0.0662. The molecule has 4 fully saturated rings. The third-order valence-corrected chi connectivity index (χ3v) is 9.13. The number of carbonyl (C=O) groups is 1. The molecule has 0 saturated heterocycles. The summed E-state index contributed by atoms with van der Waals surface area (Å²) >= 11 is 3.65. The highest BCUT2D eigenvalue weighted by Gasteiger charge is 2.61. The number of ketones is 1. The van der Waals surface area contributed by atoms with Crippen LogP contribution in [-0.4, -0.2) is 21.8 Å². The van der Waals surface area contributed by atoms with Crippen LogP contribution in [0.15, 0.2) is 0 Å². The maximum absolute atomic E-state index is 12.7. The van der Waals surface area contributed by atoms with Crippen LogP contribution in [0.5, 0.6) is 0 Å². The molecule has 0 aromatic rings. The summed E-state index contributed by atoms with van der Waals surface area (Å²) in [6.45, 7) is 4.75. The summed E-state index contributed by atoms with van der Waals surface area (Å²) in [6.07, 6.45) is 9.04. The van der Waals surface area contributed by atoms with Crippen LogP contribution in [0.3, 0.4) is 0 Å². The summed E-state index contributed by atoms with van der Waals surface area (Å²) in [5.74, 6) is 3.29. The van der Waals surface area contributed by atoms with Gasteiger partial charge in [-0.15, -0.1) is 0 Å². The van der Waals surface area contributed by atoms with Gasteiger partial charge in [-0.3, -0.25) is 4.79 Å². The van der Waals surface area contributed by atoms with Gasteiger partial charge in [-0.2, -0.15) is 0 Å². The molecule has 0 radical (unpaired) electrons. The molecule has 4 saturated carbocycles. The lowest BCUT2D eigenvalue weighted by Crippen LogP contribution is -2.54. The summed E-state index contributed by atoms with van der Waals surface area (Å²) in [4.78, 5) is 12.8. The Morgan fingerprint density at radius 2 is 1.82 bits per heavy atom. The first kappa shape index (κ1) is 15.6. The van der Waals surface area contributed by atoms with E-state index in [-0.39, 0.29) is 16.3 Å². The third kappa shape index (κ3) is 1.97. The predicted octanol–water partition coefficient (Wildman–Crippen LogP) is 4.33. The van der Waals surface area contributed by atoms with Crippen molar-refractivity contribution >= 4 is 21.7 Å². The van der Waals surface area contributed by atoms with Gasteiger partial charge in [-0.05, 0) is 80.5 Å². The first-order valence-corrected chi connectivity index (χ1v) is 10.1. The Balaban J connectivity index is 1.64. The standard InChI is InChI=1S/C19H29BrO2/c1-18-7-5-12(21)9-11(18)3-4-13-14(18)6-8-19(2)15(13)10-16(20)17(19)22/h11-16,21H,3-10H2,1-2H3/t11-,12+,13-,14+,15+,16+,18+,19+/m1/s1. The normalized spacial score (nSPS) is 57.9. The zero-order chi connectivity index (χ0) is 15.7. The molecule has 3 heteroatoms. The molecule has 22 heavy (non-hydrogen) atoms. The van der Waals surface area contributed by atoms with Gasteiger partial charge in [0.05, 0.1) is 10.9 Å². The van der Waals surface area contributed by atoms with Gasteiger partial charge in [0.25, 0.3) is 0 Å². The van der Waals surface area contributed by atoms with Crippen molar-refractivity contribution in [1.82, 2.24) is 0 Å². The van der Waals surface area contributed by atoms with Crippen molar-refractivity contribution in [2.45, 2.75) is 76.1 Å². The molecule has 4 aliphatic rings. The predicted molar refractivity (Wildman–Crippen MR) is 90.8 cm³/mol. The Labute approximate surface area is 142 Å². The number of hydrogen-bond acceptors (Lipinski definition) is 2. The summed E-state index contributed by atoms with van der Waals surface area (Å²) in [5, 5.41) is 10.1. The van der Waals surface area contributed by atoms with Gasteiger partial charge in [-0.1, -0.05) is 29.8 Å². The molecule has 0 bridgehead atoms. The lowest BCUT2D eigenvalue weighted by molar-refractivity contribution is -0.142. The monoisotopic (exact) mass is 368 g/mol. The molecule has 0 amide bonds. The van der Waals surface area contributed by atoms with E-state index in [0.29, 0.717) is 23.0 Å². The van der Waals surface area contributed by atoms with Crippen LogP contribution < -0.4 is 0 Å². The van der Waals surface area contributed by atoms with E-state index in [2.05, 4.69) is 29.8 Å². The van der Waals surface area contributed by atoms with Gasteiger partial charge in [0.2, 0.25) is 0 Å². The molecule has 4 rings (SSSR count). The van der Waals surface area contributed by atoms with E-state index in [1.165, 1.54) is 25.7 Å². The minimum Gasteiger partial charge on any atom is -0.393 e. The van der Waals surface area contributed by atoms with Crippen LogP contribution in [0.2, 0.25) is 0 Å². The second-order valence-electron chi connectivity index (χ2n) is 9.11. The van der Waals surface area contributed by atoms with Crippen molar-refractivity contribution in [3.05, 3.63) is 0 Å². The lowest BCUT2D eigenvalue weighted by atomic mass is 9.45. The van der Waals surface area contributed by atoms with E-state index in [1.54, 1.807) is 0 Å². The first-order chi connectivity index (χ1) is 10.4. The maximum Gasteiger partial charge on any atom is 0.152 e. The van der Waals surface area contributed by atoms with Crippen molar-refractivity contribution in [3.63, 3.8) is 0 Å². The Kier molecular flexibility index (Phi) is 3.59. The lowest BCUT2D eigenvalue weighted by Gasteiger charge is -2.60. The van der Waals surface area contributed by atoms with Crippen molar-refractivity contribution in [1.29, 1.82) is 0 Å². The number of rotatable bonds is 0. The van der Waals surface area contributed by atoms with E-state index in [0.717, 1.165) is 37.5 Å². The van der Waals surface area contributed by atoms with Crippen LogP contribution in [0.1, 0.15) is 65.2 Å². The zero-order valence-corrected chi connectivity index (χ0v) is 15.4. The van der Waals surface area contributed by atoms with E-state index < -0.39 is 0 Å². The number of aliphatic hydroxyl groups excluding tert-OH is 1. The molecule has 0 aromatic heterocycles. The molecule has 0 unspecified atom stereocenters. The maximum atomic E-state index is 12.7. The fraction of sp³-hybridized carbons (Fsp3) is 0.947. The van der Waals surface area contributed by atoms with Crippen molar-refractivity contribution < 1.29 is 9.90 Å². The second kappa shape index (κ2) is 5.05. The molecular formula is C19H29BrO2. The average Bonchev–Trinajstić information content (AvgIpc) is 2.72. The molecule has 0 aromatic carbocycles. The molecule has 1 N–H and O–H groups in total. The first-order valence-electron chi connectivity index (χ1n) is 9.23. The van der Waals surface area contributed by atoms with Gasteiger partial charge < -0.3 is 5.11 Å². The fourth-order valence-electron chi connectivity index (χ4n) is 6.98.